The van der Waals surface area contributed by atoms with Crippen LogP contribution in [0, 0.1) is 0 Å². The Morgan fingerprint density at radius 3 is 2.85 bits per heavy atom. The number of methoxy groups -OCH3 is 1. The van der Waals surface area contributed by atoms with Gasteiger partial charge in [-0.3, -0.25) is 4.99 Å². The normalized spacial score (nSPS) is 17.9. The number of likely N-dealkylation sites (N-methyl/N-ethyl adjacent to an activating group) is 1. The molecule has 1 unspecified atom stereocenters. The Labute approximate surface area is 158 Å². The third kappa shape index (κ3) is 5.80. The summed E-state index contributed by atoms with van der Waals surface area (Å²) in [5.41, 5.74) is 1.17. The maximum Gasteiger partial charge on any atom is 0.191 e. The molecular formula is C20H35N5O. The number of nitrogens with one attached hydrogen (secondary N) is 2. The summed E-state index contributed by atoms with van der Waals surface area (Å²) in [4.78, 5) is 9.43. The van der Waals surface area contributed by atoms with E-state index < -0.39 is 0 Å². The van der Waals surface area contributed by atoms with Crippen LogP contribution >= 0.6 is 0 Å². The Balaban J connectivity index is 1.91. The highest BCUT2D eigenvalue weighted by Gasteiger charge is 2.25. The van der Waals surface area contributed by atoms with Crippen LogP contribution in [0.3, 0.4) is 0 Å². The number of nitrogens with zero attached hydrogens (tertiary/aromatic N) is 3. The smallest absolute Gasteiger partial charge is 0.191 e. The van der Waals surface area contributed by atoms with E-state index in [2.05, 4.69) is 60.4 Å². The molecule has 1 heterocycles. The zero-order chi connectivity index (χ0) is 18.9. The molecule has 6 nitrogen and oxygen atoms in total. The number of hydrogen-bond acceptors (Lipinski definition) is 4. The molecule has 1 aromatic carbocycles. The summed E-state index contributed by atoms with van der Waals surface area (Å²) in [5, 5.41) is 6.96. The Bertz CT molecular complexity index is 575. The molecule has 1 aliphatic rings. The topological polar surface area (TPSA) is 52.1 Å². The molecular weight excluding hydrogens is 326 g/mol. The first-order chi connectivity index (χ1) is 12.5. The standard InChI is InChI=1S/C20H35N5O/c1-6-21-20(22-12-14-24(4)16(2)3)23-17-11-13-25(15-17)18-9-7-8-10-19(18)26-5/h7-10,16-17H,6,11-15H2,1-5H3,(H2,21,22,23). The molecule has 0 radical (unpaired) electrons. The van der Waals surface area contributed by atoms with Gasteiger partial charge in [0, 0.05) is 38.3 Å². The third-order valence-electron chi connectivity index (χ3n) is 4.90. The summed E-state index contributed by atoms with van der Waals surface area (Å²) in [6, 6.07) is 9.16. The van der Waals surface area contributed by atoms with Gasteiger partial charge in [-0.2, -0.15) is 0 Å². The number of aliphatic imine (C=N–C) groups is 1. The van der Waals surface area contributed by atoms with Crippen molar-refractivity contribution in [3.63, 3.8) is 0 Å². The summed E-state index contributed by atoms with van der Waals surface area (Å²) < 4.78 is 5.50. The summed E-state index contributed by atoms with van der Waals surface area (Å²) in [5.74, 6) is 1.85. The van der Waals surface area contributed by atoms with Gasteiger partial charge in [0.2, 0.25) is 0 Å². The zero-order valence-electron chi connectivity index (χ0n) is 17.0. The number of hydrogen-bond donors (Lipinski definition) is 2. The van der Waals surface area contributed by atoms with Crippen molar-refractivity contribution < 1.29 is 4.74 Å². The molecule has 0 aliphatic carbocycles. The van der Waals surface area contributed by atoms with Crippen LogP contribution in [0.2, 0.25) is 0 Å². The van der Waals surface area contributed by atoms with E-state index in [1.165, 1.54) is 5.69 Å². The maximum absolute atomic E-state index is 5.50. The number of anilines is 1. The van der Waals surface area contributed by atoms with Crippen LogP contribution in [0.4, 0.5) is 5.69 Å². The van der Waals surface area contributed by atoms with Crippen molar-refractivity contribution in [3.05, 3.63) is 24.3 Å². The lowest BCUT2D eigenvalue weighted by molar-refractivity contribution is 0.282. The van der Waals surface area contributed by atoms with E-state index in [-0.39, 0.29) is 0 Å². The van der Waals surface area contributed by atoms with Gasteiger partial charge in [0.15, 0.2) is 5.96 Å². The van der Waals surface area contributed by atoms with Crippen molar-refractivity contribution >= 4 is 11.6 Å². The molecule has 0 aromatic heterocycles. The lowest BCUT2D eigenvalue weighted by Crippen LogP contribution is -2.45. The van der Waals surface area contributed by atoms with Crippen molar-refractivity contribution in [1.29, 1.82) is 0 Å². The van der Waals surface area contributed by atoms with Gasteiger partial charge in [0.1, 0.15) is 5.75 Å². The molecule has 1 fully saturated rings. The largest absolute Gasteiger partial charge is 0.495 e. The van der Waals surface area contributed by atoms with Gasteiger partial charge in [-0.25, -0.2) is 0 Å². The van der Waals surface area contributed by atoms with Crippen LogP contribution < -0.4 is 20.3 Å². The van der Waals surface area contributed by atoms with E-state index in [0.717, 1.165) is 50.9 Å². The highest BCUT2D eigenvalue weighted by Crippen LogP contribution is 2.30. The fourth-order valence-corrected chi connectivity index (χ4v) is 3.08. The van der Waals surface area contributed by atoms with E-state index in [0.29, 0.717) is 12.1 Å². The number of benzene rings is 1. The molecule has 2 rings (SSSR count). The molecule has 26 heavy (non-hydrogen) atoms. The van der Waals surface area contributed by atoms with Crippen LogP contribution in [-0.2, 0) is 0 Å². The van der Waals surface area contributed by atoms with E-state index >= 15 is 0 Å². The van der Waals surface area contributed by atoms with Gasteiger partial charge in [0.05, 0.1) is 19.3 Å². The molecule has 146 valence electrons. The van der Waals surface area contributed by atoms with Crippen molar-refractivity contribution in [2.75, 3.05) is 51.8 Å². The van der Waals surface area contributed by atoms with Gasteiger partial charge in [0.25, 0.3) is 0 Å². The number of guanidine groups is 1. The molecule has 0 saturated carbocycles. The van der Waals surface area contributed by atoms with Crippen molar-refractivity contribution in [3.8, 4) is 5.75 Å². The second-order valence-corrected chi connectivity index (χ2v) is 7.08. The average Bonchev–Trinajstić information content (AvgIpc) is 3.09. The highest BCUT2D eigenvalue weighted by molar-refractivity contribution is 5.80. The fourth-order valence-electron chi connectivity index (χ4n) is 3.08. The second kappa shape index (κ2) is 10.3. The molecule has 6 heteroatoms. The summed E-state index contributed by atoms with van der Waals surface area (Å²) >= 11 is 0. The van der Waals surface area contributed by atoms with Gasteiger partial charge in [-0.1, -0.05) is 12.1 Å². The number of para-hydroxylation sites is 2. The zero-order valence-corrected chi connectivity index (χ0v) is 17.0. The van der Waals surface area contributed by atoms with Gasteiger partial charge in [-0.15, -0.1) is 0 Å². The summed E-state index contributed by atoms with van der Waals surface area (Å²) in [6.45, 7) is 11.1. The Kier molecular flexibility index (Phi) is 8.04. The second-order valence-electron chi connectivity index (χ2n) is 7.08. The van der Waals surface area contributed by atoms with E-state index in [1.807, 2.05) is 12.1 Å². The lowest BCUT2D eigenvalue weighted by Gasteiger charge is -2.22. The molecule has 1 aromatic rings. The first-order valence-corrected chi connectivity index (χ1v) is 9.68. The van der Waals surface area contributed by atoms with Crippen LogP contribution in [0.1, 0.15) is 27.2 Å². The third-order valence-corrected chi connectivity index (χ3v) is 4.90. The predicted octanol–water partition coefficient (Wildman–Crippen LogP) is 2.17. The highest BCUT2D eigenvalue weighted by atomic mass is 16.5. The van der Waals surface area contributed by atoms with Crippen LogP contribution in [0.15, 0.2) is 29.3 Å². The van der Waals surface area contributed by atoms with E-state index in [1.54, 1.807) is 7.11 Å². The molecule has 0 amide bonds. The molecule has 2 N–H and O–H groups in total. The Hall–Kier alpha value is -1.95. The van der Waals surface area contributed by atoms with Gasteiger partial charge >= 0.3 is 0 Å². The fraction of sp³-hybridized carbons (Fsp3) is 0.650. The SMILES string of the molecule is CCNC(=NCCN(C)C(C)C)NC1CCN(c2ccccc2OC)C1. The first-order valence-electron chi connectivity index (χ1n) is 9.68. The molecule has 0 spiro atoms. The van der Waals surface area contributed by atoms with Crippen LogP contribution in [0.5, 0.6) is 5.75 Å². The quantitative estimate of drug-likeness (QED) is 0.549. The van der Waals surface area contributed by atoms with Crippen LogP contribution in [0.25, 0.3) is 0 Å². The van der Waals surface area contributed by atoms with E-state index in [9.17, 15) is 0 Å². The minimum atomic E-state index is 0.389. The van der Waals surface area contributed by atoms with Gasteiger partial charge < -0.3 is 25.2 Å². The Morgan fingerprint density at radius 2 is 2.15 bits per heavy atom. The Morgan fingerprint density at radius 1 is 1.38 bits per heavy atom. The van der Waals surface area contributed by atoms with Crippen molar-refractivity contribution in [2.45, 2.75) is 39.3 Å². The van der Waals surface area contributed by atoms with E-state index in [4.69, 9.17) is 9.73 Å². The summed E-state index contributed by atoms with van der Waals surface area (Å²) in [6.07, 6.45) is 1.09. The minimum Gasteiger partial charge on any atom is -0.495 e. The van der Waals surface area contributed by atoms with Crippen LogP contribution in [-0.4, -0.2) is 69.8 Å². The average molecular weight is 362 g/mol. The molecule has 1 atom stereocenters. The molecule has 1 aliphatic heterocycles. The summed E-state index contributed by atoms with van der Waals surface area (Å²) in [7, 11) is 3.87. The monoisotopic (exact) mass is 361 g/mol. The van der Waals surface area contributed by atoms with Crippen molar-refractivity contribution in [2.24, 2.45) is 4.99 Å². The first kappa shape index (κ1) is 20.4. The minimum absolute atomic E-state index is 0.389. The van der Waals surface area contributed by atoms with Crippen molar-refractivity contribution in [1.82, 2.24) is 15.5 Å². The molecule has 1 saturated heterocycles. The lowest BCUT2D eigenvalue weighted by atomic mass is 10.2. The molecule has 0 bridgehead atoms. The van der Waals surface area contributed by atoms with Gasteiger partial charge in [-0.05, 0) is 46.4 Å². The predicted molar refractivity (Wildman–Crippen MR) is 110 cm³/mol. The number of rotatable bonds is 8. The maximum atomic E-state index is 5.50. The number of ether oxygens (including phenoxy) is 1.